The Morgan fingerprint density at radius 1 is 1.42 bits per heavy atom. The number of pyridine rings is 1. The second kappa shape index (κ2) is 6.00. The molecule has 97 valence electrons. The number of rotatable bonds is 4. The van der Waals surface area contributed by atoms with E-state index in [1.165, 1.54) is 0 Å². The van der Waals surface area contributed by atoms with E-state index in [1.807, 2.05) is 12.1 Å². The molecular weight excluding hydrogens is 240 g/mol. The smallest absolute Gasteiger partial charge is 0.338 e. The summed E-state index contributed by atoms with van der Waals surface area (Å²) in [7, 11) is 0. The molecule has 0 saturated heterocycles. The molecule has 4 nitrogen and oxygen atoms in total. The van der Waals surface area contributed by atoms with Crippen molar-refractivity contribution in [2.45, 2.75) is 13.3 Å². The van der Waals surface area contributed by atoms with Crippen LogP contribution >= 0.6 is 0 Å². The van der Waals surface area contributed by atoms with E-state index in [0.717, 1.165) is 11.1 Å². The third-order valence-electron chi connectivity index (χ3n) is 2.69. The molecule has 2 rings (SSSR count). The molecule has 0 aliphatic rings. The van der Waals surface area contributed by atoms with Crippen molar-refractivity contribution >= 4 is 11.8 Å². The van der Waals surface area contributed by atoms with Crippen molar-refractivity contribution in [1.82, 2.24) is 4.98 Å². The fourth-order valence-electron chi connectivity index (χ4n) is 1.78. The third kappa shape index (κ3) is 3.31. The van der Waals surface area contributed by atoms with Crippen molar-refractivity contribution in [3.05, 3.63) is 59.3 Å². The molecule has 0 amide bonds. The number of benzene rings is 1. The standard InChI is InChI=1S/C15H15N2O2/c1-2-19-15(18)13-6-4-3-5-12(13)9-11-7-8-14(16)17-10-11/h3,5-8,10H,2,9H2,1H3,(H2,16,17). The molecule has 1 radical (unpaired) electrons. The maximum Gasteiger partial charge on any atom is 0.338 e. The minimum Gasteiger partial charge on any atom is -0.462 e. The summed E-state index contributed by atoms with van der Waals surface area (Å²) in [6.45, 7) is 2.14. The van der Waals surface area contributed by atoms with Crippen LogP contribution < -0.4 is 5.73 Å². The number of anilines is 1. The van der Waals surface area contributed by atoms with Gasteiger partial charge in [0.2, 0.25) is 0 Å². The van der Waals surface area contributed by atoms with Gasteiger partial charge in [-0.25, -0.2) is 9.78 Å². The molecule has 1 aromatic carbocycles. The quantitative estimate of drug-likeness (QED) is 0.851. The largest absolute Gasteiger partial charge is 0.462 e. The first-order valence-electron chi connectivity index (χ1n) is 6.07. The Hall–Kier alpha value is -2.36. The minimum atomic E-state index is -0.322. The van der Waals surface area contributed by atoms with Crippen LogP contribution in [0.1, 0.15) is 28.4 Å². The Morgan fingerprint density at radius 2 is 2.26 bits per heavy atom. The fourth-order valence-corrected chi connectivity index (χ4v) is 1.78. The number of aromatic nitrogens is 1. The van der Waals surface area contributed by atoms with Crippen LogP contribution in [0.4, 0.5) is 5.82 Å². The van der Waals surface area contributed by atoms with E-state index < -0.39 is 0 Å². The molecule has 0 aliphatic heterocycles. The first-order chi connectivity index (χ1) is 9.20. The number of nitrogen functional groups attached to an aromatic ring is 1. The molecule has 0 atom stereocenters. The van der Waals surface area contributed by atoms with Gasteiger partial charge in [-0.05, 0) is 42.7 Å². The average molecular weight is 255 g/mol. The van der Waals surface area contributed by atoms with Crippen molar-refractivity contribution in [1.29, 1.82) is 0 Å². The first kappa shape index (κ1) is 13.1. The molecule has 0 fully saturated rings. The van der Waals surface area contributed by atoms with Crippen molar-refractivity contribution in [2.24, 2.45) is 0 Å². The van der Waals surface area contributed by atoms with Gasteiger partial charge in [-0.2, -0.15) is 0 Å². The van der Waals surface area contributed by atoms with Gasteiger partial charge in [0.25, 0.3) is 0 Å². The molecule has 0 bridgehead atoms. The summed E-state index contributed by atoms with van der Waals surface area (Å²) in [5.41, 5.74) is 7.97. The summed E-state index contributed by atoms with van der Waals surface area (Å²) in [6.07, 6.45) is 2.32. The first-order valence-corrected chi connectivity index (χ1v) is 6.07. The van der Waals surface area contributed by atoms with Crippen LogP contribution in [-0.4, -0.2) is 17.6 Å². The fraction of sp³-hybridized carbons (Fsp3) is 0.200. The predicted octanol–water partition coefficient (Wildman–Crippen LogP) is 2.23. The Labute approximate surface area is 112 Å². The summed E-state index contributed by atoms with van der Waals surface area (Å²) >= 11 is 0. The molecule has 0 aliphatic carbocycles. The highest BCUT2D eigenvalue weighted by molar-refractivity contribution is 5.91. The Bertz CT molecular complexity index is 565. The molecule has 2 N–H and O–H groups in total. The Balaban J connectivity index is 2.24. The normalized spacial score (nSPS) is 10.2. The van der Waals surface area contributed by atoms with Crippen molar-refractivity contribution in [3.63, 3.8) is 0 Å². The van der Waals surface area contributed by atoms with Crippen molar-refractivity contribution in [2.75, 3.05) is 12.3 Å². The van der Waals surface area contributed by atoms with Gasteiger partial charge in [0, 0.05) is 6.20 Å². The van der Waals surface area contributed by atoms with Gasteiger partial charge >= 0.3 is 5.97 Å². The number of carbonyl (C=O) groups excluding carboxylic acids is 1. The van der Waals surface area contributed by atoms with Crippen LogP contribution in [0.5, 0.6) is 0 Å². The van der Waals surface area contributed by atoms with Gasteiger partial charge in [-0.15, -0.1) is 0 Å². The van der Waals surface area contributed by atoms with Gasteiger partial charge < -0.3 is 10.5 Å². The SMILES string of the molecule is CCOC(=O)c1c[c]ccc1Cc1ccc(N)nc1. The average Bonchev–Trinajstić information content (AvgIpc) is 2.42. The van der Waals surface area contributed by atoms with E-state index in [0.29, 0.717) is 24.4 Å². The lowest BCUT2D eigenvalue weighted by molar-refractivity contribution is 0.0525. The number of ether oxygens (including phenoxy) is 1. The van der Waals surface area contributed by atoms with Crippen LogP contribution in [-0.2, 0) is 11.2 Å². The minimum absolute atomic E-state index is 0.322. The number of nitrogens with zero attached hydrogens (tertiary/aromatic N) is 1. The van der Waals surface area contributed by atoms with E-state index in [4.69, 9.17) is 10.5 Å². The zero-order valence-electron chi connectivity index (χ0n) is 10.7. The van der Waals surface area contributed by atoms with Crippen LogP contribution in [0, 0.1) is 6.07 Å². The highest BCUT2D eigenvalue weighted by Gasteiger charge is 2.12. The highest BCUT2D eigenvalue weighted by atomic mass is 16.5. The summed E-state index contributed by atoms with van der Waals surface area (Å²) < 4.78 is 5.03. The number of nitrogens with two attached hydrogens (primary N) is 1. The van der Waals surface area contributed by atoms with Crippen LogP contribution in [0.3, 0.4) is 0 Å². The van der Waals surface area contributed by atoms with E-state index in [1.54, 1.807) is 31.3 Å². The summed E-state index contributed by atoms with van der Waals surface area (Å²) in [6, 6.07) is 11.8. The molecule has 0 saturated carbocycles. The molecule has 4 heteroatoms. The van der Waals surface area contributed by atoms with Crippen LogP contribution in [0.15, 0.2) is 36.5 Å². The maximum absolute atomic E-state index is 11.8. The maximum atomic E-state index is 11.8. The Kier molecular flexibility index (Phi) is 4.13. The summed E-state index contributed by atoms with van der Waals surface area (Å²) in [4.78, 5) is 15.9. The molecule has 0 spiro atoms. The predicted molar refractivity (Wildman–Crippen MR) is 72.7 cm³/mol. The molecular formula is C15H15N2O2. The van der Waals surface area contributed by atoms with Gasteiger partial charge in [0.15, 0.2) is 0 Å². The van der Waals surface area contributed by atoms with Crippen LogP contribution in [0.25, 0.3) is 0 Å². The molecule has 1 aromatic heterocycles. The van der Waals surface area contributed by atoms with Gasteiger partial charge in [0.1, 0.15) is 5.82 Å². The number of hydrogen-bond donors (Lipinski definition) is 1. The van der Waals surface area contributed by atoms with Crippen molar-refractivity contribution < 1.29 is 9.53 Å². The lowest BCUT2D eigenvalue weighted by Gasteiger charge is -2.08. The second-order valence-electron chi connectivity index (χ2n) is 4.07. The van der Waals surface area contributed by atoms with Gasteiger partial charge in [-0.1, -0.05) is 18.2 Å². The van der Waals surface area contributed by atoms with Crippen molar-refractivity contribution in [3.8, 4) is 0 Å². The lowest BCUT2D eigenvalue weighted by atomic mass is 10.0. The zero-order chi connectivity index (χ0) is 13.7. The summed E-state index contributed by atoms with van der Waals surface area (Å²) in [5, 5.41) is 0. The second-order valence-corrected chi connectivity index (χ2v) is 4.07. The molecule has 19 heavy (non-hydrogen) atoms. The van der Waals surface area contributed by atoms with Gasteiger partial charge in [0.05, 0.1) is 12.2 Å². The van der Waals surface area contributed by atoms with E-state index in [2.05, 4.69) is 11.1 Å². The third-order valence-corrected chi connectivity index (χ3v) is 2.69. The summed E-state index contributed by atoms with van der Waals surface area (Å²) in [5.74, 6) is 0.161. The molecule has 2 aromatic rings. The van der Waals surface area contributed by atoms with E-state index >= 15 is 0 Å². The van der Waals surface area contributed by atoms with Gasteiger partial charge in [-0.3, -0.25) is 0 Å². The lowest BCUT2D eigenvalue weighted by Crippen LogP contribution is -2.08. The zero-order valence-corrected chi connectivity index (χ0v) is 10.7. The number of carbonyl (C=O) groups is 1. The highest BCUT2D eigenvalue weighted by Crippen LogP contribution is 2.15. The topological polar surface area (TPSA) is 65.2 Å². The number of hydrogen-bond acceptors (Lipinski definition) is 4. The Morgan fingerprint density at radius 3 is 2.95 bits per heavy atom. The van der Waals surface area contributed by atoms with E-state index in [9.17, 15) is 4.79 Å². The number of esters is 1. The molecule has 0 unspecified atom stereocenters. The van der Waals surface area contributed by atoms with E-state index in [-0.39, 0.29) is 5.97 Å². The molecule has 1 heterocycles. The monoisotopic (exact) mass is 255 g/mol. The van der Waals surface area contributed by atoms with Crippen LogP contribution in [0.2, 0.25) is 0 Å².